The Labute approximate surface area is 108 Å². The molecule has 0 bridgehead atoms. The van der Waals surface area contributed by atoms with Crippen molar-refractivity contribution in [3.8, 4) is 0 Å². The Hall–Kier alpha value is -0.570. The summed E-state index contributed by atoms with van der Waals surface area (Å²) in [7, 11) is 0. The van der Waals surface area contributed by atoms with Crippen molar-refractivity contribution in [3.05, 3.63) is 0 Å². The van der Waals surface area contributed by atoms with Crippen LogP contribution >= 0.6 is 0 Å². The summed E-state index contributed by atoms with van der Waals surface area (Å²) in [5.41, 5.74) is -0.280. The van der Waals surface area contributed by atoms with Gasteiger partial charge in [-0.2, -0.15) is 0 Å². The molecule has 4 aliphatic rings. The lowest BCUT2D eigenvalue weighted by atomic mass is 9.55. The van der Waals surface area contributed by atoms with Gasteiger partial charge in [-0.05, 0) is 38.5 Å². The van der Waals surface area contributed by atoms with E-state index in [1.807, 2.05) is 6.92 Å². The standard InChI is InChI=1S/C15H22O3/c1-8-4-5-11-9(2)12(16)17-15(11)10(8)6-7-14(3)13(15)18-14/h8-11,13H,4-7H2,1-3H3/t8-,9+,10+,11-,13+,14+,15+/m0/s1. The van der Waals surface area contributed by atoms with Gasteiger partial charge in [-0.1, -0.05) is 13.8 Å². The summed E-state index contributed by atoms with van der Waals surface area (Å²) in [6.45, 7) is 6.56. The van der Waals surface area contributed by atoms with Crippen molar-refractivity contribution in [2.24, 2.45) is 23.7 Å². The van der Waals surface area contributed by atoms with Crippen LogP contribution in [0.4, 0.5) is 0 Å². The number of carbonyl (C=O) groups is 1. The molecule has 3 heteroatoms. The maximum Gasteiger partial charge on any atom is 0.309 e. The molecule has 1 spiro atoms. The average molecular weight is 250 g/mol. The topological polar surface area (TPSA) is 38.8 Å². The van der Waals surface area contributed by atoms with Gasteiger partial charge in [0.15, 0.2) is 0 Å². The molecule has 2 saturated heterocycles. The first-order chi connectivity index (χ1) is 8.49. The van der Waals surface area contributed by atoms with Crippen LogP contribution in [0.1, 0.15) is 46.5 Å². The first kappa shape index (κ1) is 11.3. The fraction of sp³-hybridized carbons (Fsp3) is 0.933. The van der Waals surface area contributed by atoms with E-state index < -0.39 is 0 Å². The molecule has 2 aliphatic heterocycles. The highest BCUT2D eigenvalue weighted by Crippen LogP contribution is 2.66. The Kier molecular flexibility index (Phi) is 1.95. The van der Waals surface area contributed by atoms with Gasteiger partial charge in [-0.3, -0.25) is 4.79 Å². The number of carbonyl (C=O) groups excluding carboxylic acids is 1. The molecule has 0 unspecified atom stereocenters. The fourth-order valence-electron chi connectivity index (χ4n) is 5.20. The maximum atomic E-state index is 12.1. The van der Waals surface area contributed by atoms with E-state index in [2.05, 4.69) is 13.8 Å². The highest BCUT2D eigenvalue weighted by atomic mass is 16.7. The number of rotatable bonds is 0. The molecule has 7 atom stereocenters. The molecule has 2 aliphatic carbocycles. The molecule has 100 valence electrons. The lowest BCUT2D eigenvalue weighted by molar-refractivity contribution is -0.168. The second kappa shape index (κ2) is 3.12. The van der Waals surface area contributed by atoms with E-state index in [-0.39, 0.29) is 29.2 Å². The second-order valence-electron chi connectivity index (χ2n) is 7.18. The van der Waals surface area contributed by atoms with Gasteiger partial charge >= 0.3 is 5.97 Å². The molecule has 0 aromatic heterocycles. The van der Waals surface area contributed by atoms with Crippen LogP contribution < -0.4 is 0 Å². The SMILES string of the molecule is C[C@H]1CC[C@H]2[C@@H](C)C(=O)O[C@]23[C@@H]1CC[C@@]1(C)O[C@@H]31. The van der Waals surface area contributed by atoms with Crippen LogP contribution in [0.2, 0.25) is 0 Å². The molecule has 18 heavy (non-hydrogen) atoms. The van der Waals surface area contributed by atoms with Gasteiger partial charge in [0, 0.05) is 11.8 Å². The Balaban J connectivity index is 1.81. The summed E-state index contributed by atoms with van der Waals surface area (Å²) in [6, 6.07) is 0. The van der Waals surface area contributed by atoms with Crippen LogP contribution in [-0.4, -0.2) is 23.3 Å². The van der Waals surface area contributed by atoms with Gasteiger partial charge in [-0.15, -0.1) is 0 Å². The normalized spacial score (nSPS) is 61.5. The maximum absolute atomic E-state index is 12.1. The highest BCUT2D eigenvalue weighted by Gasteiger charge is 2.76. The minimum atomic E-state index is -0.277. The lowest BCUT2D eigenvalue weighted by Crippen LogP contribution is -2.58. The molecule has 4 rings (SSSR count). The van der Waals surface area contributed by atoms with Crippen LogP contribution in [0.3, 0.4) is 0 Å². The number of fused-ring (bicyclic) bond motifs is 1. The van der Waals surface area contributed by atoms with Gasteiger partial charge in [-0.25, -0.2) is 0 Å². The van der Waals surface area contributed by atoms with E-state index in [1.54, 1.807) is 0 Å². The molecule has 2 heterocycles. The predicted molar refractivity (Wildman–Crippen MR) is 65.9 cm³/mol. The second-order valence-corrected chi connectivity index (χ2v) is 7.18. The highest BCUT2D eigenvalue weighted by molar-refractivity contribution is 5.76. The van der Waals surface area contributed by atoms with Crippen molar-refractivity contribution >= 4 is 5.97 Å². The summed E-state index contributed by atoms with van der Waals surface area (Å²) in [4.78, 5) is 12.1. The Morgan fingerprint density at radius 2 is 1.94 bits per heavy atom. The van der Waals surface area contributed by atoms with E-state index >= 15 is 0 Å². The van der Waals surface area contributed by atoms with Gasteiger partial charge in [0.05, 0.1) is 11.5 Å². The van der Waals surface area contributed by atoms with E-state index in [9.17, 15) is 4.79 Å². The largest absolute Gasteiger partial charge is 0.455 e. The van der Waals surface area contributed by atoms with Crippen molar-refractivity contribution in [1.82, 2.24) is 0 Å². The number of hydrogen-bond acceptors (Lipinski definition) is 3. The quantitative estimate of drug-likeness (QED) is 0.490. The molecule has 2 saturated carbocycles. The molecule has 4 fully saturated rings. The third-order valence-electron chi connectivity index (χ3n) is 6.28. The summed E-state index contributed by atoms with van der Waals surface area (Å²) >= 11 is 0. The first-order valence-corrected chi connectivity index (χ1v) is 7.40. The lowest BCUT2D eigenvalue weighted by Gasteiger charge is -2.49. The monoisotopic (exact) mass is 250 g/mol. The van der Waals surface area contributed by atoms with Gasteiger partial charge in [0.1, 0.15) is 11.7 Å². The summed E-state index contributed by atoms with van der Waals surface area (Å²) in [6.07, 6.45) is 4.82. The van der Waals surface area contributed by atoms with E-state index in [0.717, 1.165) is 19.3 Å². The zero-order valence-corrected chi connectivity index (χ0v) is 11.4. The smallest absolute Gasteiger partial charge is 0.309 e. The number of esters is 1. The third-order valence-corrected chi connectivity index (χ3v) is 6.28. The van der Waals surface area contributed by atoms with Gasteiger partial charge < -0.3 is 9.47 Å². The number of epoxide rings is 1. The van der Waals surface area contributed by atoms with E-state index in [0.29, 0.717) is 17.8 Å². The van der Waals surface area contributed by atoms with E-state index in [4.69, 9.17) is 9.47 Å². The Morgan fingerprint density at radius 3 is 2.72 bits per heavy atom. The fourth-order valence-corrected chi connectivity index (χ4v) is 5.20. The zero-order valence-electron chi connectivity index (χ0n) is 11.4. The van der Waals surface area contributed by atoms with Crippen molar-refractivity contribution in [2.45, 2.75) is 63.8 Å². The van der Waals surface area contributed by atoms with Crippen LogP contribution in [0.15, 0.2) is 0 Å². The first-order valence-electron chi connectivity index (χ1n) is 7.40. The van der Waals surface area contributed by atoms with Crippen molar-refractivity contribution in [2.75, 3.05) is 0 Å². The minimum Gasteiger partial charge on any atom is -0.455 e. The zero-order chi connectivity index (χ0) is 12.7. The third kappa shape index (κ3) is 1.08. The summed E-state index contributed by atoms with van der Waals surface area (Å²) in [5, 5.41) is 0. The van der Waals surface area contributed by atoms with Crippen LogP contribution in [0.25, 0.3) is 0 Å². The van der Waals surface area contributed by atoms with E-state index in [1.165, 1.54) is 6.42 Å². The van der Waals surface area contributed by atoms with Gasteiger partial charge in [0.2, 0.25) is 0 Å². The number of ether oxygens (including phenoxy) is 2. The minimum absolute atomic E-state index is 0.00382. The molecule has 0 aromatic carbocycles. The molecule has 0 amide bonds. The molecule has 0 radical (unpaired) electrons. The summed E-state index contributed by atoms with van der Waals surface area (Å²) < 4.78 is 12.0. The van der Waals surface area contributed by atoms with Gasteiger partial charge in [0.25, 0.3) is 0 Å². The van der Waals surface area contributed by atoms with Crippen LogP contribution in [0, 0.1) is 23.7 Å². The van der Waals surface area contributed by atoms with Crippen molar-refractivity contribution in [3.63, 3.8) is 0 Å². The molecule has 3 nitrogen and oxygen atoms in total. The molecular formula is C15H22O3. The molecular weight excluding hydrogens is 228 g/mol. The van der Waals surface area contributed by atoms with Crippen LogP contribution in [-0.2, 0) is 14.3 Å². The molecule has 0 aromatic rings. The van der Waals surface area contributed by atoms with Crippen molar-refractivity contribution in [1.29, 1.82) is 0 Å². The van der Waals surface area contributed by atoms with Crippen molar-refractivity contribution < 1.29 is 14.3 Å². The Morgan fingerprint density at radius 1 is 1.17 bits per heavy atom. The predicted octanol–water partition coefficient (Wildman–Crippen LogP) is 2.53. The number of hydrogen-bond donors (Lipinski definition) is 0. The Bertz CT molecular complexity index is 420. The van der Waals surface area contributed by atoms with Crippen LogP contribution in [0.5, 0.6) is 0 Å². The molecule has 0 N–H and O–H groups in total. The average Bonchev–Trinajstić information content (AvgIpc) is 2.95. The summed E-state index contributed by atoms with van der Waals surface area (Å²) in [5.74, 6) is 1.64.